The zero-order chi connectivity index (χ0) is 16.7. The van der Waals surface area contributed by atoms with Crippen molar-refractivity contribution in [2.45, 2.75) is 25.3 Å². The standard InChI is InChI=1S/C19H18FN3O/c1-23-17-9-8-13(10-16(17)22-18(23)12-6-7-12)19(24)21-11-14-4-2-3-5-15(14)20/h2-5,8-10,12H,6-7,11H2,1H3,(H,21,24). The Kier molecular flexibility index (Phi) is 3.56. The van der Waals surface area contributed by atoms with E-state index in [0.717, 1.165) is 16.9 Å². The molecular weight excluding hydrogens is 305 g/mol. The van der Waals surface area contributed by atoms with Crippen molar-refractivity contribution in [3.63, 3.8) is 0 Å². The van der Waals surface area contributed by atoms with Crippen LogP contribution in [0.4, 0.5) is 4.39 Å². The van der Waals surface area contributed by atoms with E-state index in [4.69, 9.17) is 0 Å². The molecule has 0 saturated heterocycles. The van der Waals surface area contributed by atoms with Crippen molar-refractivity contribution in [3.8, 4) is 0 Å². The number of imidazole rings is 1. The molecule has 4 rings (SSSR count). The van der Waals surface area contributed by atoms with Gasteiger partial charge in [0.15, 0.2) is 0 Å². The van der Waals surface area contributed by atoms with Gasteiger partial charge in [0.1, 0.15) is 11.6 Å². The van der Waals surface area contributed by atoms with Crippen molar-refractivity contribution in [1.29, 1.82) is 0 Å². The maximum atomic E-state index is 13.6. The van der Waals surface area contributed by atoms with E-state index in [2.05, 4.69) is 14.9 Å². The number of halogens is 1. The number of hydrogen-bond donors (Lipinski definition) is 1. The van der Waals surface area contributed by atoms with E-state index in [-0.39, 0.29) is 18.3 Å². The number of carbonyl (C=O) groups is 1. The molecule has 1 N–H and O–H groups in total. The second-order valence-corrected chi connectivity index (χ2v) is 6.28. The number of aromatic nitrogens is 2. The van der Waals surface area contributed by atoms with Crippen molar-refractivity contribution < 1.29 is 9.18 Å². The third-order valence-corrected chi connectivity index (χ3v) is 4.52. The number of carbonyl (C=O) groups excluding carboxylic acids is 1. The molecule has 1 aromatic heterocycles. The van der Waals surface area contributed by atoms with Crippen LogP contribution in [0.25, 0.3) is 11.0 Å². The first-order valence-corrected chi connectivity index (χ1v) is 8.11. The summed E-state index contributed by atoms with van der Waals surface area (Å²) >= 11 is 0. The molecule has 24 heavy (non-hydrogen) atoms. The predicted molar refractivity (Wildman–Crippen MR) is 90.3 cm³/mol. The minimum absolute atomic E-state index is 0.166. The van der Waals surface area contributed by atoms with Gasteiger partial charge in [0.05, 0.1) is 11.0 Å². The number of nitrogens with zero attached hydrogens (tertiary/aromatic N) is 2. The minimum atomic E-state index is -0.313. The molecule has 122 valence electrons. The third-order valence-electron chi connectivity index (χ3n) is 4.52. The molecule has 0 bridgehead atoms. The van der Waals surface area contributed by atoms with Crippen LogP contribution < -0.4 is 5.32 Å². The Bertz CT molecular complexity index is 928. The number of amides is 1. The van der Waals surface area contributed by atoms with Crippen molar-refractivity contribution in [2.75, 3.05) is 0 Å². The van der Waals surface area contributed by atoms with E-state index >= 15 is 0 Å². The average molecular weight is 323 g/mol. The number of hydrogen-bond acceptors (Lipinski definition) is 2. The van der Waals surface area contributed by atoms with Crippen LogP contribution in [-0.2, 0) is 13.6 Å². The lowest BCUT2D eigenvalue weighted by Gasteiger charge is -2.06. The Labute approximate surface area is 139 Å². The second kappa shape index (κ2) is 5.74. The highest BCUT2D eigenvalue weighted by molar-refractivity contribution is 5.97. The lowest BCUT2D eigenvalue weighted by Crippen LogP contribution is -2.23. The van der Waals surface area contributed by atoms with E-state index in [1.807, 2.05) is 13.1 Å². The molecule has 1 saturated carbocycles. The van der Waals surface area contributed by atoms with E-state index in [0.29, 0.717) is 17.0 Å². The molecule has 1 fully saturated rings. The minimum Gasteiger partial charge on any atom is -0.348 e. The normalized spacial score (nSPS) is 14.1. The highest BCUT2D eigenvalue weighted by Gasteiger charge is 2.28. The van der Waals surface area contributed by atoms with Gasteiger partial charge in [-0.25, -0.2) is 9.37 Å². The van der Waals surface area contributed by atoms with Gasteiger partial charge in [0, 0.05) is 30.6 Å². The van der Waals surface area contributed by atoms with Crippen LogP contribution in [0.2, 0.25) is 0 Å². The van der Waals surface area contributed by atoms with Crippen molar-refractivity contribution in [3.05, 3.63) is 65.2 Å². The van der Waals surface area contributed by atoms with Gasteiger partial charge in [-0.15, -0.1) is 0 Å². The smallest absolute Gasteiger partial charge is 0.251 e. The van der Waals surface area contributed by atoms with Gasteiger partial charge in [-0.1, -0.05) is 18.2 Å². The Morgan fingerprint density at radius 3 is 2.83 bits per heavy atom. The van der Waals surface area contributed by atoms with E-state index < -0.39 is 0 Å². The third kappa shape index (κ3) is 2.66. The van der Waals surface area contributed by atoms with Gasteiger partial charge in [0.2, 0.25) is 0 Å². The molecule has 4 nitrogen and oxygen atoms in total. The summed E-state index contributed by atoms with van der Waals surface area (Å²) in [7, 11) is 2.01. The van der Waals surface area contributed by atoms with Crippen LogP contribution >= 0.6 is 0 Å². The molecule has 1 heterocycles. The van der Waals surface area contributed by atoms with Crippen LogP contribution in [-0.4, -0.2) is 15.5 Å². The van der Waals surface area contributed by atoms with E-state index in [9.17, 15) is 9.18 Å². The molecule has 0 aliphatic heterocycles. The SMILES string of the molecule is Cn1c(C2CC2)nc2cc(C(=O)NCc3ccccc3F)ccc21. The number of benzene rings is 2. The lowest BCUT2D eigenvalue weighted by atomic mass is 10.1. The van der Waals surface area contributed by atoms with Crippen LogP contribution in [0.3, 0.4) is 0 Å². The Balaban J connectivity index is 1.55. The van der Waals surface area contributed by atoms with Gasteiger partial charge >= 0.3 is 0 Å². The van der Waals surface area contributed by atoms with Crippen molar-refractivity contribution in [2.24, 2.45) is 7.05 Å². The number of nitrogens with one attached hydrogen (secondary N) is 1. The van der Waals surface area contributed by atoms with Gasteiger partial charge in [-0.3, -0.25) is 4.79 Å². The Hall–Kier alpha value is -2.69. The summed E-state index contributed by atoms with van der Waals surface area (Å²) < 4.78 is 15.7. The number of aryl methyl sites for hydroxylation is 1. The first-order chi connectivity index (χ1) is 11.6. The molecule has 0 radical (unpaired) electrons. The molecule has 1 amide bonds. The van der Waals surface area contributed by atoms with Crippen LogP contribution in [0.5, 0.6) is 0 Å². The summed E-state index contributed by atoms with van der Waals surface area (Å²) in [5.74, 6) is 1.11. The topological polar surface area (TPSA) is 46.9 Å². The zero-order valence-corrected chi connectivity index (χ0v) is 13.4. The summed E-state index contributed by atoms with van der Waals surface area (Å²) in [6, 6.07) is 12.0. The molecule has 2 aromatic carbocycles. The quantitative estimate of drug-likeness (QED) is 0.798. The largest absolute Gasteiger partial charge is 0.348 e. The molecule has 1 aliphatic rings. The summed E-state index contributed by atoms with van der Waals surface area (Å²) in [6.45, 7) is 0.166. The average Bonchev–Trinajstić information content (AvgIpc) is 3.38. The summed E-state index contributed by atoms with van der Waals surface area (Å²) in [5, 5.41) is 2.76. The highest BCUT2D eigenvalue weighted by atomic mass is 19.1. The first-order valence-electron chi connectivity index (χ1n) is 8.11. The molecule has 0 atom stereocenters. The lowest BCUT2D eigenvalue weighted by molar-refractivity contribution is 0.0950. The number of rotatable bonds is 4. The van der Waals surface area contributed by atoms with Crippen LogP contribution in [0, 0.1) is 5.82 Å². The molecule has 1 aliphatic carbocycles. The zero-order valence-electron chi connectivity index (χ0n) is 13.4. The maximum absolute atomic E-state index is 13.6. The van der Waals surface area contributed by atoms with E-state index in [1.54, 1.807) is 30.3 Å². The monoisotopic (exact) mass is 323 g/mol. The van der Waals surface area contributed by atoms with Crippen molar-refractivity contribution >= 4 is 16.9 Å². The highest BCUT2D eigenvalue weighted by Crippen LogP contribution is 2.40. The molecule has 0 unspecified atom stereocenters. The predicted octanol–water partition coefficient (Wildman–Crippen LogP) is 3.52. The summed E-state index contributed by atoms with van der Waals surface area (Å²) in [4.78, 5) is 17.0. The molecule has 3 aromatic rings. The fourth-order valence-corrected chi connectivity index (χ4v) is 2.99. The van der Waals surface area contributed by atoms with Gasteiger partial charge in [-0.2, -0.15) is 0 Å². The second-order valence-electron chi connectivity index (χ2n) is 6.28. The fourth-order valence-electron chi connectivity index (χ4n) is 2.99. The van der Waals surface area contributed by atoms with E-state index in [1.165, 1.54) is 18.9 Å². The van der Waals surface area contributed by atoms with Crippen LogP contribution in [0.15, 0.2) is 42.5 Å². The molecular formula is C19H18FN3O. The van der Waals surface area contributed by atoms with Gasteiger partial charge in [-0.05, 0) is 37.1 Å². The summed E-state index contributed by atoms with van der Waals surface area (Å²) in [6.07, 6.45) is 2.38. The Morgan fingerprint density at radius 1 is 1.29 bits per heavy atom. The summed E-state index contributed by atoms with van der Waals surface area (Å²) in [5.41, 5.74) is 2.88. The maximum Gasteiger partial charge on any atom is 0.251 e. The number of fused-ring (bicyclic) bond motifs is 1. The molecule has 5 heteroatoms. The van der Waals surface area contributed by atoms with Crippen molar-refractivity contribution in [1.82, 2.24) is 14.9 Å². The fraction of sp³-hybridized carbons (Fsp3) is 0.263. The first kappa shape index (κ1) is 14.9. The van der Waals surface area contributed by atoms with Gasteiger partial charge in [0.25, 0.3) is 5.91 Å². The van der Waals surface area contributed by atoms with Crippen LogP contribution in [0.1, 0.15) is 40.5 Å². The Morgan fingerprint density at radius 2 is 2.08 bits per heavy atom. The van der Waals surface area contributed by atoms with Gasteiger partial charge < -0.3 is 9.88 Å². The molecule has 0 spiro atoms.